The number of hydrogen-bond acceptors (Lipinski definition) is 5. The van der Waals surface area contributed by atoms with Crippen LogP contribution in [0.5, 0.6) is 0 Å². The maximum Gasteiger partial charge on any atom is 0.340 e. The van der Waals surface area contributed by atoms with Gasteiger partial charge in [-0.1, -0.05) is 20.8 Å². The van der Waals surface area contributed by atoms with Gasteiger partial charge in [0.25, 0.3) is 5.79 Å². The van der Waals surface area contributed by atoms with Crippen LogP contribution in [-0.4, -0.2) is 31.3 Å². The molecule has 2 heterocycles. The first-order valence-electron chi connectivity index (χ1n) is 9.26. The van der Waals surface area contributed by atoms with Crippen LogP contribution in [0.4, 0.5) is 0 Å². The van der Waals surface area contributed by atoms with E-state index in [1.54, 1.807) is 0 Å². The summed E-state index contributed by atoms with van der Waals surface area (Å²) in [5.74, 6) is 0.871. The number of ether oxygens (including phenoxy) is 4. The lowest BCUT2D eigenvalue weighted by atomic mass is 9.72. The molecule has 0 unspecified atom stereocenters. The summed E-state index contributed by atoms with van der Waals surface area (Å²) < 4.78 is 23.2. The topological polar surface area (TPSA) is 54.0 Å². The highest BCUT2D eigenvalue weighted by Gasteiger charge is 2.52. The van der Waals surface area contributed by atoms with Crippen LogP contribution in [0.15, 0.2) is 11.3 Å². The molecular formula is C19H30O5. The molecule has 0 aromatic rings. The van der Waals surface area contributed by atoms with Gasteiger partial charge in [0.2, 0.25) is 0 Å². The van der Waals surface area contributed by atoms with Crippen molar-refractivity contribution in [3.8, 4) is 0 Å². The fourth-order valence-corrected chi connectivity index (χ4v) is 4.32. The standard InChI is InChI=1S/C19H30O5/c1-12(2)16-7-5-13(3)11-19(16)23-14(4)15(18(20)24-19)6-8-17-21-9-10-22-17/h12-13,16-17H,5-11H2,1-4H3/t13-,16+,19-/m1/s1. The van der Waals surface area contributed by atoms with Crippen molar-refractivity contribution in [2.75, 3.05) is 13.2 Å². The predicted octanol–water partition coefficient (Wildman–Crippen LogP) is 3.78. The Labute approximate surface area is 144 Å². The normalized spacial score (nSPS) is 34.8. The van der Waals surface area contributed by atoms with Crippen molar-refractivity contribution in [1.29, 1.82) is 0 Å². The zero-order valence-corrected chi connectivity index (χ0v) is 15.3. The first kappa shape index (κ1) is 17.7. The summed E-state index contributed by atoms with van der Waals surface area (Å²) in [6, 6.07) is 0. The molecule has 3 atom stereocenters. The van der Waals surface area contributed by atoms with Gasteiger partial charge in [0.05, 0.1) is 18.8 Å². The van der Waals surface area contributed by atoms with Crippen LogP contribution in [-0.2, 0) is 23.7 Å². The molecule has 24 heavy (non-hydrogen) atoms. The van der Waals surface area contributed by atoms with E-state index < -0.39 is 5.79 Å². The molecule has 0 N–H and O–H groups in total. The molecule has 0 amide bonds. The van der Waals surface area contributed by atoms with Gasteiger partial charge in [-0.15, -0.1) is 0 Å². The van der Waals surface area contributed by atoms with E-state index >= 15 is 0 Å². The SMILES string of the molecule is CC1=C(CCC2OCCO2)C(=O)O[C@@]2(C[C@H](C)CC[C@H]2C(C)C)O1. The molecule has 0 bridgehead atoms. The van der Waals surface area contributed by atoms with Crippen molar-refractivity contribution in [3.63, 3.8) is 0 Å². The van der Waals surface area contributed by atoms with E-state index in [1.807, 2.05) is 6.92 Å². The molecule has 136 valence electrons. The highest BCUT2D eigenvalue weighted by molar-refractivity contribution is 5.89. The average molecular weight is 338 g/mol. The van der Waals surface area contributed by atoms with Crippen LogP contribution in [0, 0.1) is 17.8 Å². The molecule has 1 saturated heterocycles. The lowest BCUT2D eigenvalue weighted by Crippen LogP contribution is -2.53. The molecule has 5 nitrogen and oxygen atoms in total. The minimum absolute atomic E-state index is 0.216. The quantitative estimate of drug-likeness (QED) is 0.730. The van der Waals surface area contributed by atoms with Gasteiger partial charge in [0.1, 0.15) is 5.76 Å². The maximum absolute atomic E-state index is 12.7. The zero-order valence-electron chi connectivity index (χ0n) is 15.3. The van der Waals surface area contributed by atoms with Crippen LogP contribution >= 0.6 is 0 Å². The van der Waals surface area contributed by atoms with Crippen LogP contribution in [0.3, 0.4) is 0 Å². The minimum atomic E-state index is -0.781. The summed E-state index contributed by atoms with van der Waals surface area (Å²) in [5, 5.41) is 0. The third-order valence-corrected chi connectivity index (χ3v) is 5.56. The number of allylic oxidation sites excluding steroid dienone is 1. The lowest BCUT2D eigenvalue weighted by Gasteiger charge is -2.48. The third-order valence-electron chi connectivity index (χ3n) is 5.56. The Morgan fingerprint density at radius 3 is 2.50 bits per heavy atom. The van der Waals surface area contributed by atoms with E-state index in [0.29, 0.717) is 49.2 Å². The van der Waals surface area contributed by atoms with Crippen LogP contribution in [0.25, 0.3) is 0 Å². The molecule has 1 saturated carbocycles. The van der Waals surface area contributed by atoms with Gasteiger partial charge < -0.3 is 18.9 Å². The summed E-state index contributed by atoms with van der Waals surface area (Å²) in [4.78, 5) is 12.7. The van der Waals surface area contributed by atoms with Crippen LogP contribution in [0.2, 0.25) is 0 Å². The molecule has 3 aliphatic rings. The molecule has 0 aromatic carbocycles. The smallest absolute Gasteiger partial charge is 0.340 e. The molecule has 0 radical (unpaired) electrons. The van der Waals surface area contributed by atoms with E-state index in [9.17, 15) is 4.79 Å². The first-order valence-corrected chi connectivity index (χ1v) is 9.26. The lowest BCUT2D eigenvalue weighted by molar-refractivity contribution is -0.270. The second-order valence-electron chi connectivity index (χ2n) is 7.79. The van der Waals surface area contributed by atoms with Gasteiger partial charge in [-0.3, -0.25) is 0 Å². The van der Waals surface area contributed by atoms with Gasteiger partial charge in [-0.25, -0.2) is 4.79 Å². The van der Waals surface area contributed by atoms with Gasteiger partial charge in [-0.05, 0) is 38.0 Å². The summed E-state index contributed by atoms with van der Waals surface area (Å²) in [6.07, 6.45) is 3.99. The number of carbonyl (C=O) groups is 1. The average Bonchev–Trinajstić information content (AvgIpc) is 2.99. The largest absolute Gasteiger partial charge is 0.456 e. The Hall–Kier alpha value is -1.07. The van der Waals surface area contributed by atoms with Gasteiger partial charge in [0.15, 0.2) is 6.29 Å². The van der Waals surface area contributed by atoms with E-state index in [0.717, 1.165) is 19.3 Å². The molecule has 0 aromatic heterocycles. The molecule has 5 heteroatoms. The third kappa shape index (κ3) is 3.47. The Balaban J connectivity index is 1.75. The van der Waals surface area contributed by atoms with E-state index in [1.165, 1.54) is 0 Å². The van der Waals surface area contributed by atoms with Crippen molar-refractivity contribution < 1.29 is 23.7 Å². The highest BCUT2D eigenvalue weighted by Crippen LogP contribution is 2.48. The van der Waals surface area contributed by atoms with Crippen molar-refractivity contribution in [1.82, 2.24) is 0 Å². The fourth-order valence-electron chi connectivity index (χ4n) is 4.32. The number of esters is 1. The second-order valence-corrected chi connectivity index (χ2v) is 7.79. The number of hydrogen-bond donors (Lipinski definition) is 0. The van der Waals surface area contributed by atoms with Crippen molar-refractivity contribution in [2.24, 2.45) is 17.8 Å². The van der Waals surface area contributed by atoms with Gasteiger partial charge >= 0.3 is 5.97 Å². The van der Waals surface area contributed by atoms with Crippen molar-refractivity contribution >= 4 is 5.97 Å². The molecule has 2 fully saturated rings. The number of rotatable bonds is 4. The molecule has 1 aliphatic carbocycles. The monoisotopic (exact) mass is 338 g/mol. The van der Waals surface area contributed by atoms with Crippen LogP contribution in [0.1, 0.15) is 59.8 Å². The van der Waals surface area contributed by atoms with Crippen molar-refractivity contribution in [2.45, 2.75) is 71.9 Å². The van der Waals surface area contributed by atoms with E-state index in [2.05, 4.69) is 20.8 Å². The van der Waals surface area contributed by atoms with Gasteiger partial charge in [-0.2, -0.15) is 0 Å². The Kier molecular flexibility index (Phi) is 5.21. The Morgan fingerprint density at radius 2 is 1.88 bits per heavy atom. The zero-order chi connectivity index (χ0) is 17.3. The molecule has 1 spiro atoms. The molecule has 2 aliphatic heterocycles. The van der Waals surface area contributed by atoms with Crippen LogP contribution < -0.4 is 0 Å². The Bertz CT molecular complexity index is 506. The number of carbonyl (C=O) groups excluding carboxylic acids is 1. The fraction of sp³-hybridized carbons (Fsp3) is 0.842. The summed E-state index contributed by atoms with van der Waals surface area (Å²) in [5.41, 5.74) is 0.625. The summed E-state index contributed by atoms with van der Waals surface area (Å²) >= 11 is 0. The first-order chi connectivity index (χ1) is 11.4. The van der Waals surface area contributed by atoms with Crippen molar-refractivity contribution in [3.05, 3.63) is 11.3 Å². The molecule has 3 rings (SSSR count). The maximum atomic E-state index is 12.7. The van der Waals surface area contributed by atoms with E-state index in [-0.39, 0.29) is 18.2 Å². The van der Waals surface area contributed by atoms with E-state index in [4.69, 9.17) is 18.9 Å². The summed E-state index contributed by atoms with van der Waals surface area (Å²) in [7, 11) is 0. The Morgan fingerprint density at radius 1 is 1.17 bits per heavy atom. The molecular weight excluding hydrogens is 308 g/mol. The second kappa shape index (κ2) is 7.04. The highest BCUT2D eigenvalue weighted by atomic mass is 16.7. The minimum Gasteiger partial charge on any atom is -0.456 e. The summed E-state index contributed by atoms with van der Waals surface area (Å²) in [6.45, 7) is 9.72. The predicted molar refractivity (Wildman–Crippen MR) is 88.9 cm³/mol. The van der Waals surface area contributed by atoms with Gasteiger partial charge in [0, 0.05) is 18.8 Å².